The Bertz CT molecular complexity index is 418. The molecule has 7 nitrogen and oxygen atoms in total. The first kappa shape index (κ1) is 7.47. The summed E-state index contributed by atoms with van der Waals surface area (Å²) < 4.78 is 5.93. The van der Waals surface area contributed by atoms with Gasteiger partial charge in [0.2, 0.25) is 5.82 Å². The van der Waals surface area contributed by atoms with E-state index in [2.05, 4.69) is 19.9 Å². The van der Waals surface area contributed by atoms with Crippen LogP contribution < -0.4 is 5.73 Å². The van der Waals surface area contributed by atoms with Gasteiger partial charge in [-0.2, -0.15) is 0 Å². The van der Waals surface area contributed by atoms with E-state index in [0.717, 1.165) is 0 Å². The van der Waals surface area contributed by atoms with E-state index in [4.69, 9.17) is 5.73 Å². The number of carbonyl (C=O) groups excluding carboxylic acids is 1. The maximum Gasteiger partial charge on any atom is 0.287 e. The number of primary amides is 1. The number of hydrogen-bond acceptors (Lipinski definition) is 5. The van der Waals surface area contributed by atoms with E-state index in [0.29, 0.717) is 5.82 Å². The van der Waals surface area contributed by atoms with Crippen LogP contribution in [0.15, 0.2) is 23.2 Å². The Kier molecular flexibility index (Phi) is 1.55. The molecule has 0 unspecified atom stereocenters. The van der Waals surface area contributed by atoms with Gasteiger partial charge in [0.1, 0.15) is 12.6 Å². The molecular weight excluding hydrogens is 174 g/mol. The molecule has 0 aliphatic rings. The molecule has 2 aromatic heterocycles. The second kappa shape index (κ2) is 2.70. The highest BCUT2D eigenvalue weighted by Crippen LogP contribution is 2.05. The summed E-state index contributed by atoms with van der Waals surface area (Å²) in [6, 6.07) is 1.57. The Hall–Kier alpha value is -2.18. The quantitative estimate of drug-likeness (QED) is 0.660. The van der Waals surface area contributed by atoms with Gasteiger partial charge in [-0.15, -0.1) is 10.2 Å². The van der Waals surface area contributed by atoms with Crippen molar-refractivity contribution in [2.75, 3.05) is 0 Å². The SMILES string of the molecule is NC(=O)c1nncn1-c1ccon1. The molecule has 13 heavy (non-hydrogen) atoms. The van der Waals surface area contributed by atoms with E-state index >= 15 is 0 Å². The molecule has 0 saturated carbocycles. The molecular formula is C6H5N5O2. The van der Waals surface area contributed by atoms with Gasteiger partial charge in [-0.3, -0.25) is 9.36 Å². The average molecular weight is 179 g/mol. The molecule has 0 saturated heterocycles. The summed E-state index contributed by atoms with van der Waals surface area (Å²) >= 11 is 0. The zero-order chi connectivity index (χ0) is 9.26. The Balaban J connectivity index is 2.52. The molecule has 2 rings (SSSR count). The van der Waals surface area contributed by atoms with Gasteiger partial charge in [0.05, 0.1) is 0 Å². The van der Waals surface area contributed by atoms with Crippen LogP contribution in [0.25, 0.3) is 5.82 Å². The van der Waals surface area contributed by atoms with Crippen molar-refractivity contribution in [3.05, 3.63) is 24.5 Å². The first-order valence-electron chi connectivity index (χ1n) is 3.39. The lowest BCUT2D eigenvalue weighted by atomic mass is 10.5. The molecule has 7 heteroatoms. The van der Waals surface area contributed by atoms with Crippen molar-refractivity contribution >= 4 is 5.91 Å². The van der Waals surface area contributed by atoms with Crippen LogP contribution >= 0.6 is 0 Å². The van der Waals surface area contributed by atoms with Crippen LogP contribution in [0.1, 0.15) is 10.6 Å². The highest BCUT2D eigenvalue weighted by atomic mass is 16.5. The van der Waals surface area contributed by atoms with Gasteiger partial charge >= 0.3 is 0 Å². The summed E-state index contributed by atoms with van der Waals surface area (Å²) in [6.45, 7) is 0. The number of nitrogens with zero attached hydrogens (tertiary/aromatic N) is 4. The van der Waals surface area contributed by atoms with Crippen molar-refractivity contribution in [3.8, 4) is 5.82 Å². The predicted molar refractivity (Wildman–Crippen MR) is 39.9 cm³/mol. The van der Waals surface area contributed by atoms with E-state index in [-0.39, 0.29) is 5.82 Å². The molecule has 0 aliphatic heterocycles. The van der Waals surface area contributed by atoms with E-state index in [1.54, 1.807) is 6.07 Å². The van der Waals surface area contributed by atoms with Gasteiger partial charge in [0.25, 0.3) is 5.91 Å². The largest absolute Gasteiger partial charge is 0.363 e. The Labute approximate surface area is 72.1 Å². The average Bonchev–Trinajstić information content (AvgIpc) is 2.74. The lowest BCUT2D eigenvalue weighted by Crippen LogP contribution is -2.17. The lowest BCUT2D eigenvalue weighted by molar-refractivity contribution is 0.0988. The Morgan fingerprint density at radius 2 is 2.46 bits per heavy atom. The lowest BCUT2D eigenvalue weighted by Gasteiger charge is -1.95. The van der Waals surface area contributed by atoms with E-state index < -0.39 is 5.91 Å². The third-order valence-electron chi connectivity index (χ3n) is 1.44. The highest BCUT2D eigenvalue weighted by Gasteiger charge is 2.12. The normalized spacial score (nSPS) is 10.2. The van der Waals surface area contributed by atoms with E-state index in [9.17, 15) is 4.79 Å². The van der Waals surface area contributed by atoms with Crippen LogP contribution in [0.4, 0.5) is 0 Å². The van der Waals surface area contributed by atoms with Gasteiger partial charge < -0.3 is 10.3 Å². The van der Waals surface area contributed by atoms with Gasteiger partial charge in [-0.1, -0.05) is 5.16 Å². The summed E-state index contributed by atoms with van der Waals surface area (Å²) in [5.41, 5.74) is 5.04. The summed E-state index contributed by atoms with van der Waals surface area (Å²) in [7, 11) is 0. The number of nitrogens with two attached hydrogens (primary N) is 1. The summed E-state index contributed by atoms with van der Waals surface area (Å²) in [6.07, 6.45) is 2.71. The Morgan fingerprint density at radius 1 is 1.62 bits per heavy atom. The predicted octanol–water partition coefficient (Wildman–Crippen LogP) is -0.646. The molecule has 0 fully saturated rings. The highest BCUT2D eigenvalue weighted by molar-refractivity contribution is 5.89. The number of carbonyl (C=O) groups is 1. The fourth-order valence-electron chi connectivity index (χ4n) is 0.901. The Morgan fingerprint density at radius 3 is 3.08 bits per heavy atom. The summed E-state index contributed by atoms with van der Waals surface area (Å²) in [5.74, 6) is -0.229. The molecule has 0 spiro atoms. The maximum atomic E-state index is 10.8. The number of rotatable bonds is 2. The van der Waals surface area contributed by atoms with Crippen molar-refractivity contribution in [3.63, 3.8) is 0 Å². The topological polar surface area (TPSA) is 99.8 Å². The van der Waals surface area contributed by atoms with Crippen molar-refractivity contribution < 1.29 is 9.32 Å². The fourth-order valence-corrected chi connectivity index (χ4v) is 0.901. The standard InChI is InChI=1S/C6H5N5O2/c7-5(12)6-9-8-3-11(6)4-1-2-13-10-4/h1-3H,(H2,7,12). The van der Waals surface area contributed by atoms with Crippen molar-refractivity contribution in [1.29, 1.82) is 0 Å². The summed E-state index contributed by atoms with van der Waals surface area (Å²) in [4.78, 5) is 10.8. The van der Waals surface area contributed by atoms with Gasteiger partial charge in [0.15, 0.2) is 5.82 Å². The molecule has 0 bridgehead atoms. The van der Waals surface area contributed by atoms with Gasteiger partial charge in [0, 0.05) is 6.07 Å². The molecule has 0 aliphatic carbocycles. The van der Waals surface area contributed by atoms with E-state index in [1.165, 1.54) is 17.2 Å². The number of aromatic nitrogens is 4. The van der Waals surface area contributed by atoms with Crippen LogP contribution in [-0.2, 0) is 0 Å². The second-order valence-corrected chi connectivity index (χ2v) is 2.25. The molecule has 0 aromatic carbocycles. The monoisotopic (exact) mass is 179 g/mol. The first-order chi connectivity index (χ1) is 6.29. The van der Waals surface area contributed by atoms with Gasteiger partial charge in [-0.05, 0) is 0 Å². The molecule has 2 aromatic rings. The molecule has 2 heterocycles. The van der Waals surface area contributed by atoms with Crippen molar-refractivity contribution in [1.82, 2.24) is 19.9 Å². The minimum atomic E-state index is -0.666. The molecule has 0 radical (unpaired) electrons. The van der Waals surface area contributed by atoms with Crippen LogP contribution in [0.2, 0.25) is 0 Å². The molecule has 66 valence electrons. The summed E-state index contributed by atoms with van der Waals surface area (Å²) in [5, 5.41) is 10.7. The molecule has 1 amide bonds. The molecule has 2 N–H and O–H groups in total. The number of amides is 1. The zero-order valence-electron chi connectivity index (χ0n) is 6.41. The van der Waals surface area contributed by atoms with Crippen LogP contribution in [0.3, 0.4) is 0 Å². The van der Waals surface area contributed by atoms with Crippen LogP contribution in [-0.4, -0.2) is 25.8 Å². The maximum absolute atomic E-state index is 10.8. The second-order valence-electron chi connectivity index (χ2n) is 2.25. The first-order valence-corrected chi connectivity index (χ1v) is 3.39. The van der Waals surface area contributed by atoms with Crippen molar-refractivity contribution in [2.45, 2.75) is 0 Å². The fraction of sp³-hybridized carbons (Fsp3) is 0. The minimum absolute atomic E-state index is 0.0221. The van der Waals surface area contributed by atoms with Gasteiger partial charge in [-0.25, -0.2) is 0 Å². The smallest absolute Gasteiger partial charge is 0.287 e. The van der Waals surface area contributed by atoms with Crippen LogP contribution in [0, 0.1) is 0 Å². The van der Waals surface area contributed by atoms with Crippen LogP contribution in [0.5, 0.6) is 0 Å². The molecule has 0 atom stereocenters. The minimum Gasteiger partial charge on any atom is -0.363 e. The van der Waals surface area contributed by atoms with E-state index in [1.807, 2.05) is 0 Å². The number of hydrogen-bond donors (Lipinski definition) is 1. The third kappa shape index (κ3) is 1.15. The third-order valence-corrected chi connectivity index (χ3v) is 1.44. The zero-order valence-corrected chi connectivity index (χ0v) is 6.41. The van der Waals surface area contributed by atoms with Crippen molar-refractivity contribution in [2.24, 2.45) is 5.73 Å².